The molecule has 0 spiro atoms. The quantitative estimate of drug-likeness (QED) is 0.811. The number of hydrogen-bond acceptors (Lipinski definition) is 3. The van der Waals surface area contributed by atoms with E-state index in [1.807, 2.05) is 32.9 Å². The molecule has 23 heavy (non-hydrogen) atoms. The van der Waals surface area contributed by atoms with Gasteiger partial charge in [0, 0.05) is 13.1 Å². The third-order valence-electron chi connectivity index (χ3n) is 4.56. The number of aryl methyl sites for hydroxylation is 3. The van der Waals surface area contributed by atoms with Gasteiger partial charge < -0.3 is 4.90 Å². The van der Waals surface area contributed by atoms with Crippen molar-refractivity contribution in [3.63, 3.8) is 0 Å². The molecule has 1 aliphatic rings. The van der Waals surface area contributed by atoms with Crippen LogP contribution in [0.15, 0.2) is 17.0 Å². The lowest BCUT2D eigenvalue weighted by Crippen LogP contribution is -2.36. The highest BCUT2D eigenvalue weighted by atomic mass is 32.2. The second-order valence-electron chi connectivity index (χ2n) is 7.03. The van der Waals surface area contributed by atoms with Crippen LogP contribution in [0, 0.1) is 26.7 Å². The van der Waals surface area contributed by atoms with Crippen molar-refractivity contribution >= 4 is 10.0 Å². The fourth-order valence-corrected chi connectivity index (χ4v) is 5.18. The topological polar surface area (TPSA) is 49.4 Å². The summed E-state index contributed by atoms with van der Waals surface area (Å²) in [6.07, 6.45) is 3.43. The van der Waals surface area contributed by atoms with Crippen molar-refractivity contribution in [2.24, 2.45) is 5.92 Å². The van der Waals surface area contributed by atoms with Crippen molar-refractivity contribution in [1.82, 2.24) is 9.62 Å². The summed E-state index contributed by atoms with van der Waals surface area (Å²) in [6.45, 7) is 11.8. The van der Waals surface area contributed by atoms with Crippen LogP contribution in [0.3, 0.4) is 0 Å². The molecule has 1 aromatic carbocycles. The average molecular weight is 339 g/mol. The summed E-state index contributed by atoms with van der Waals surface area (Å²) in [5, 5.41) is 0. The van der Waals surface area contributed by atoms with Crippen LogP contribution in [0.4, 0.5) is 0 Å². The minimum Gasteiger partial charge on any atom is -0.303 e. The van der Waals surface area contributed by atoms with Gasteiger partial charge in [0.15, 0.2) is 0 Å². The van der Waals surface area contributed by atoms with Gasteiger partial charge in [0.05, 0.1) is 4.90 Å². The highest BCUT2D eigenvalue weighted by Crippen LogP contribution is 2.21. The van der Waals surface area contributed by atoms with E-state index in [-0.39, 0.29) is 0 Å². The number of likely N-dealkylation sites (tertiary alicyclic amines) is 1. The van der Waals surface area contributed by atoms with Crippen molar-refractivity contribution in [1.29, 1.82) is 0 Å². The van der Waals surface area contributed by atoms with E-state index in [1.54, 1.807) is 0 Å². The molecule has 0 aliphatic carbocycles. The van der Waals surface area contributed by atoms with Crippen LogP contribution in [0.2, 0.25) is 0 Å². The van der Waals surface area contributed by atoms with Crippen LogP contribution in [-0.4, -0.2) is 39.5 Å². The van der Waals surface area contributed by atoms with Crippen molar-refractivity contribution in [3.05, 3.63) is 28.8 Å². The molecule has 0 radical (unpaired) electrons. The van der Waals surface area contributed by atoms with E-state index < -0.39 is 10.0 Å². The van der Waals surface area contributed by atoms with Gasteiger partial charge >= 0.3 is 0 Å². The summed E-state index contributed by atoms with van der Waals surface area (Å²) in [7, 11) is -3.42. The Labute approximate surface area is 141 Å². The summed E-state index contributed by atoms with van der Waals surface area (Å²) in [6, 6.07) is 3.85. The van der Waals surface area contributed by atoms with E-state index in [9.17, 15) is 8.42 Å². The second kappa shape index (κ2) is 7.77. The monoisotopic (exact) mass is 338 g/mol. The van der Waals surface area contributed by atoms with E-state index in [4.69, 9.17) is 0 Å². The molecular weight excluding hydrogens is 308 g/mol. The lowest BCUT2D eigenvalue weighted by molar-refractivity contribution is 0.182. The molecule has 4 nitrogen and oxygen atoms in total. The first-order valence-electron chi connectivity index (χ1n) is 8.59. The Balaban J connectivity index is 1.90. The number of nitrogens with zero attached hydrogens (tertiary/aromatic N) is 1. The largest absolute Gasteiger partial charge is 0.303 e. The van der Waals surface area contributed by atoms with Crippen molar-refractivity contribution in [3.8, 4) is 0 Å². The molecule has 1 N–H and O–H groups in total. The first kappa shape index (κ1) is 18.4. The normalized spacial score (nSPS) is 19.9. The van der Waals surface area contributed by atoms with E-state index in [1.165, 1.54) is 12.8 Å². The number of rotatable bonds is 6. The minimum atomic E-state index is -3.42. The molecule has 0 amide bonds. The highest BCUT2D eigenvalue weighted by molar-refractivity contribution is 7.89. The summed E-state index contributed by atoms with van der Waals surface area (Å²) >= 11 is 0. The maximum Gasteiger partial charge on any atom is 0.241 e. The molecule has 1 aromatic rings. The summed E-state index contributed by atoms with van der Waals surface area (Å²) in [4.78, 5) is 2.89. The zero-order valence-electron chi connectivity index (χ0n) is 14.9. The number of benzene rings is 1. The maximum absolute atomic E-state index is 12.6. The van der Waals surface area contributed by atoms with Gasteiger partial charge in [0.1, 0.15) is 0 Å². The van der Waals surface area contributed by atoms with E-state index in [2.05, 4.69) is 16.5 Å². The van der Waals surface area contributed by atoms with Crippen LogP contribution >= 0.6 is 0 Å². The third-order valence-corrected chi connectivity index (χ3v) is 6.32. The van der Waals surface area contributed by atoms with Gasteiger partial charge in [0.25, 0.3) is 0 Å². The van der Waals surface area contributed by atoms with Crippen molar-refractivity contribution in [2.45, 2.75) is 51.9 Å². The standard InChI is InChI=1S/C18H30N2O2S/c1-14-7-5-9-20(13-14)10-6-8-19-23(21,22)18-16(3)11-15(2)12-17(18)4/h11-12,14,19H,5-10,13H2,1-4H3/t14-/m0/s1. The molecule has 2 rings (SSSR count). The molecule has 0 unspecified atom stereocenters. The molecule has 1 aliphatic heterocycles. The Bertz CT molecular complexity index is 617. The maximum atomic E-state index is 12.6. The summed E-state index contributed by atoms with van der Waals surface area (Å²) in [5.74, 6) is 0.762. The molecule has 130 valence electrons. The van der Waals surface area contributed by atoms with Gasteiger partial charge in [-0.05, 0) is 70.2 Å². The Morgan fingerprint density at radius 3 is 2.48 bits per heavy atom. The van der Waals surface area contributed by atoms with Gasteiger partial charge in [-0.1, -0.05) is 24.6 Å². The number of piperidine rings is 1. The molecule has 1 heterocycles. The fraction of sp³-hybridized carbons (Fsp3) is 0.667. The van der Waals surface area contributed by atoms with Gasteiger partial charge in [0.2, 0.25) is 10.0 Å². The predicted molar refractivity (Wildman–Crippen MR) is 95.3 cm³/mol. The lowest BCUT2D eigenvalue weighted by Gasteiger charge is -2.30. The highest BCUT2D eigenvalue weighted by Gasteiger charge is 2.20. The van der Waals surface area contributed by atoms with Crippen LogP contribution in [-0.2, 0) is 10.0 Å². The molecule has 0 bridgehead atoms. The summed E-state index contributed by atoms with van der Waals surface area (Å²) in [5.41, 5.74) is 2.73. The molecule has 0 saturated carbocycles. The first-order chi connectivity index (χ1) is 10.8. The molecule has 5 heteroatoms. The fourth-order valence-electron chi connectivity index (χ4n) is 3.66. The Hall–Kier alpha value is -0.910. The Morgan fingerprint density at radius 1 is 1.22 bits per heavy atom. The van der Waals surface area contributed by atoms with Crippen LogP contribution in [0.5, 0.6) is 0 Å². The van der Waals surface area contributed by atoms with Gasteiger partial charge in [-0.3, -0.25) is 0 Å². The SMILES string of the molecule is Cc1cc(C)c(S(=O)(=O)NCCCN2CCC[C@H](C)C2)c(C)c1. The Morgan fingerprint density at radius 2 is 1.87 bits per heavy atom. The zero-order valence-corrected chi connectivity index (χ0v) is 15.7. The van der Waals surface area contributed by atoms with Crippen LogP contribution < -0.4 is 4.72 Å². The van der Waals surface area contributed by atoms with E-state index >= 15 is 0 Å². The second-order valence-corrected chi connectivity index (χ2v) is 8.73. The Kier molecular flexibility index (Phi) is 6.23. The molecule has 1 fully saturated rings. The average Bonchev–Trinajstić information content (AvgIpc) is 2.42. The molecule has 1 atom stereocenters. The first-order valence-corrected chi connectivity index (χ1v) is 10.1. The third kappa shape index (κ3) is 5.03. The molecule has 0 aromatic heterocycles. The van der Waals surface area contributed by atoms with Crippen molar-refractivity contribution < 1.29 is 8.42 Å². The van der Waals surface area contributed by atoms with E-state index in [0.717, 1.165) is 48.7 Å². The molecular formula is C18H30N2O2S. The predicted octanol–water partition coefficient (Wildman–Crippen LogP) is 3.01. The minimum absolute atomic E-state index is 0.440. The number of nitrogens with one attached hydrogen (secondary N) is 1. The van der Waals surface area contributed by atoms with Gasteiger partial charge in [-0.15, -0.1) is 0 Å². The van der Waals surface area contributed by atoms with Gasteiger partial charge in [-0.25, -0.2) is 13.1 Å². The van der Waals surface area contributed by atoms with Crippen LogP contribution in [0.1, 0.15) is 42.9 Å². The van der Waals surface area contributed by atoms with Crippen LogP contribution in [0.25, 0.3) is 0 Å². The summed E-state index contributed by atoms with van der Waals surface area (Å²) < 4.78 is 27.9. The zero-order chi connectivity index (χ0) is 17.0. The van der Waals surface area contributed by atoms with Gasteiger partial charge in [-0.2, -0.15) is 0 Å². The molecule has 1 saturated heterocycles. The lowest BCUT2D eigenvalue weighted by atomic mass is 10.0. The number of hydrogen-bond donors (Lipinski definition) is 1. The van der Waals surface area contributed by atoms with Crippen molar-refractivity contribution in [2.75, 3.05) is 26.2 Å². The van der Waals surface area contributed by atoms with E-state index in [0.29, 0.717) is 11.4 Å². The smallest absolute Gasteiger partial charge is 0.241 e. The number of sulfonamides is 1.